The monoisotopic (exact) mass is 296 g/mol. The molecule has 0 aromatic carbocycles. The molecule has 2 rings (SSSR count). The van der Waals surface area contributed by atoms with Crippen LogP contribution in [-0.2, 0) is 10.3 Å². The SMILES string of the molecule is Cc1nc(C2(NC(C)C)CC(C)(C)OC2(C)C)sc1C. The van der Waals surface area contributed by atoms with Crippen LogP contribution < -0.4 is 5.32 Å². The Bertz CT molecular complexity index is 485. The minimum Gasteiger partial charge on any atom is -0.367 e. The van der Waals surface area contributed by atoms with Crippen LogP contribution in [0.3, 0.4) is 0 Å². The van der Waals surface area contributed by atoms with Crippen molar-refractivity contribution in [3.8, 4) is 0 Å². The molecule has 1 aliphatic rings. The molecule has 1 aromatic heterocycles. The second-order valence-electron chi connectivity index (χ2n) is 7.41. The van der Waals surface area contributed by atoms with E-state index in [1.54, 1.807) is 11.3 Å². The van der Waals surface area contributed by atoms with E-state index in [9.17, 15) is 0 Å². The third-order valence-electron chi connectivity index (χ3n) is 4.18. The topological polar surface area (TPSA) is 34.2 Å². The average molecular weight is 296 g/mol. The number of nitrogens with zero attached hydrogens (tertiary/aromatic N) is 1. The summed E-state index contributed by atoms with van der Waals surface area (Å²) in [7, 11) is 0. The summed E-state index contributed by atoms with van der Waals surface area (Å²) in [6, 6.07) is 0.385. The van der Waals surface area contributed by atoms with E-state index in [0.717, 1.165) is 17.1 Å². The highest BCUT2D eigenvalue weighted by Crippen LogP contribution is 2.52. The Morgan fingerprint density at radius 2 is 1.80 bits per heavy atom. The van der Waals surface area contributed by atoms with Crippen LogP contribution in [0.2, 0.25) is 0 Å². The van der Waals surface area contributed by atoms with Crippen molar-refractivity contribution in [1.29, 1.82) is 0 Å². The molecule has 0 saturated carbocycles. The van der Waals surface area contributed by atoms with Gasteiger partial charge in [-0.25, -0.2) is 4.98 Å². The van der Waals surface area contributed by atoms with Gasteiger partial charge in [0, 0.05) is 17.3 Å². The van der Waals surface area contributed by atoms with Crippen molar-refractivity contribution in [1.82, 2.24) is 10.3 Å². The lowest BCUT2D eigenvalue weighted by molar-refractivity contribution is -0.0853. The predicted octanol–water partition coefficient (Wildman–Crippen LogP) is 3.93. The zero-order chi connectivity index (χ0) is 15.3. The standard InChI is InChI=1S/C16H28N2OS/c1-10(2)18-16(13-17-11(3)12(4)20-13)9-14(5,6)19-15(16,7)8/h10,18H,9H2,1-8H3. The Hall–Kier alpha value is -0.450. The van der Waals surface area contributed by atoms with E-state index in [1.165, 1.54) is 4.88 Å². The van der Waals surface area contributed by atoms with Gasteiger partial charge < -0.3 is 10.1 Å². The molecule has 3 nitrogen and oxygen atoms in total. The normalized spacial score (nSPS) is 28.2. The van der Waals surface area contributed by atoms with Crippen LogP contribution in [0.4, 0.5) is 0 Å². The Balaban J connectivity index is 2.57. The molecule has 1 saturated heterocycles. The van der Waals surface area contributed by atoms with E-state index >= 15 is 0 Å². The van der Waals surface area contributed by atoms with Crippen molar-refractivity contribution >= 4 is 11.3 Å². The van der Waals surface area contributed by atoms with Gasteiger partial charge in [0.05, 0.1) is 16.9 Å². The molecule has 0 radical (unpaired) electrons. The molecule has 4 heteroatoms. The summed E-state index contributed by atoms with van der Waals surface area (Å²) in [5.74, 6) is 0. The van der Waals surface area contributed by atoms with Gasteiger partial charge in [0.1, 0.15) is 10.5 Å². The van der Waals surface area contributed by atoms with Crippen LogP contribution >= 0.6 is 11.3 Å². The van der Waals surface area contributed by atoms with Crippen molar-refractivity contribution in [2.24, 2.45) is 0 Å². The summed E-state index contributed by atoms with van der Waals surface area (Å²) in [5.41, 5.74) is 0.500. The first-order chi connectivity index (χ1) is 8.99. The molecular formula is C16H28N2OS. The molecule has 20 heavy (non-hydrogen) atoms. The number of hydrogen-bond donors (Lipinski definition) is 1. The zero-order valence-electron chi connectivity index (χ0n) is 14.0. The predicted molar refractivity (Wildman–Crippen MR) is 85.4 cm³/mol. The van der Waals surface area contributed by atoms with E-state index < -0.39 is 0 Å². The van der Waals surface area contributed by atoms with E-state index in [4.69, 9.17) is 9.72 Å². The molecule has 1 unspecified atom stereocenters. The lowest BCUT2D eigenvalue weighted by atomic mass is 9.79. The van der Waals surface area contributed by atoms with Gasteiger partial charge in [-0.1, -0.05) is 0 Å². The molecule has 1 fully saturated rings. The van der Waals surface area contributed by atoms with Crippen LogP contribution in [0.5, 0.6) is 0 Å². The van der Waals surface area contributed by atoms with Gasteiger partial charge in [0.15, 0.2) is 0 Å². The third kappa shape index (κ3) is 2.53. The quantitative estimate of drug-likeness (QED) is 0.917. The minimum absolute atomic E-state index is 0.140. The number of hydrogen-bond acceptors (Lipinski definition) is 4. The van der Waals surface area contributed by atoms with Gasteiger partial charge in [-0.2, -0.15) is 0 Å². The Morgan fingerprint density at radius 1 is 1.20 bits per heavy atom. The van der Waals surface area contributed by atoms with Crippen LogP contribution in [0.1, 0.15) is 63.5 Å². The smallest absolute Gasteiger partial charge is 0.116 e. The molecule has 0 aliphatic carbocycles. The zero-order valence-corrected chi connectivity index (χ0v) is 14.9. The summed E-state index contributed by atoms with van der Waals surface area (Å²) >= 11 is 1.80. The van der Waals surface area contributed by atoms with Crippen molar-refractivity contribution in [3.63, 3.8) is 0 Å². The van der Waals surface area contributed by atoms with Crippen LogP contribution in [0.25, 0.3) is 0 Å². The van der Waals surface area contributed by atoms with Crippen LogP contribution in [0, 0.1) is 13.8 Å². The third-order valence-corrected chi connectivity index (χ3v) is 5.41. The molecule has 0 amide bonds. The van der Waals surface area contributed by atoms with Gasteiger partial charge in [-0.05, 0) is 55.4 Å². The summed E-state index contributed by atoms with van der Waals surface area (Å²) in [6.45, 7) is 17.3. The maximum absolute atomic E-state index is 6.36. The Morgan fingerprint density at radius 3 is 2.15 bits per heavy atom. The minimum atomic E-state index is -0.280. The lowest BCUT2D eigenvalue weighted by Crippen LogP contribution is -2.56. The van der Waals surface area contributed by atoms with Crippen molar-refractivity contribution in [2.45, 2.75) is 84.6 Å². The van der Waals surface area contributed by atoms with E-state index in [2.05, 4.69) is 60.7 Å². The number of thiazole rings is 1. The molecule has 2 heterocycles. The van der Waals surface area contributed by atoms with E-state index in [-0.39, 0.29) is 16.7 Å². The molecule has 0 spiro atoms. The molecule has 0 bridgehead atoms. The van der Waals surface area contributed by atoms with Gasteiger partial charge in [-0.15, -0.1) is 11.3 Å². The number of aryl methyl sites for hydroxylation is 2. The highest BCUT2D eigenvalue weighted by atomic mass is 32.1. The summed E-state index contributed by atoms with van der Waals surface area (Å²) in [4.78, 5) is 6.15. The first-order valence-corrected chi connectivity index (χ1v) is 8.23. The van der Waals surface area contributed by atoms with Gasteiger partial charge in [0.25, 0.3) is 0 Å². The van der Waals surface area contributed by atoms with Crippen LogP contribution in [0.15, 0.2) is 0 Å². The number of rotatable bonds is 3. The highest BCUT2D eigenvalue weighted by molar-refractivity contribution is 7.11. The Labute approximate surface area is 127 Å². The fourth-order valence-corrected chi connectivity index (χ4v) is 4.65. The highest BCUT2D eigenvalue weighted by Gasteiger charge is 2.59. The van der Waals surface area contributed by atoms with Crippen molar-refractivity contribution < 1.29 is 4.74 Å². The second-order valence-corrected chi connectivity index (χ2v) is 8.62. The maximum atomic E-state index is 6.36. The molecule has 1 atom stereocenters. The fourth-order valence-electron chi connectivity index (χ4n) is 3.43. The summed E-state index contributed by atoms with van der Waals surface area (Å²) in [6.07, 6.45) is 0.942. The number of nitrogens with one attached hydrogen (secondary N) is 1. The van der Waals surface area contributed by atoms with Gasteiger partial charge in [-0.3, -0.25) is 0 Å². The lowest BCUT2D eigenvalue weighted by Gasteiger charge is -2.40. The molecule has 1 aliphatic heterocycles. The number of aromatic nitrogens is 1. The first-order valence-electron chi connectivity index (χ1n) is 7.41. The van der Waals surface area contributed by atoms with E-state index in [1.807, 2.05) is 0 Å². The molecule has 1 aromatic rings. The fraction of sp³-hybridized carbons (Fsp3) is 0.812. The maximum Gasteiger partial charge on any atom is 0.116 e. The van der Waals surface area contributed by atoms with Crippen molar-refractivity contribution in [3.05, 3.63) is 15.6 Å². The second kappa shape index (κ2) is 4.79. The largest absolute Gasteiger partial charge is 0.367 e. The first kappa shape index (κ1) is 15.9. The van der Waals surface area contributed by atoms with E-state index in [0.29, 0.717) is 6.04 Å². The number of ether oxygens (including phenoxy) is 1. The van der Waals surface area contributed by atoms with Gasteiger partial charge in [0.2, 0.25) is 0 Å². The molecule has 114 valence electrons. The van der Waals surface area contributed by atoms with Crippen LogP contribution in [-0.4, -0.2) is 22.2 Å². The average Bonchev–Trinajstić information content (AvgIpc) is 2.63. The molecule has 1 N–H and O–H groups in total. The molecular weight excluding hydrogens is 268 g/mol. The van der Waals surface area contributed by atoms with Crippen molar-refractivity contribution in [2.75, 3.05) is 0 Å². The Kier molecular flexibility index (Phi) is 3.81. The summed E-state index contributed by atoms with van der Waals surface area (Å²) in [5, 5.41) is 4.94. The summed E-state index contributed by atoms with van der Waals surface area (Å²) < 4.78 is 6.36. The van der Waals surface area contributed by atoms with Gasteiger partial charge >= 0.3 is 0 Å².